The lowest BCUT2D eigenvalue weighted by Gasteiger charge is -2.52. The standard InChI is InChI=1S/C18H34OSi/c1-7-18-13-9-8-11-15(18)16(12-10-14-18)19-20(5,6)17(2,3)4/h7,15-16H,1,8-14H2,2-6H3/t15-,16-,18-/m0/s1. The normalized spacial score (nSPS) is 35.5. The minimum atomic E-state index is -1.65. The first kappa shape index (κ1) is 16.3. The number of rotatable bonds is 3. The Bertz CT molecular complexity index is 351. The number of hydrogen-bond acceptors (Lipinski definition) is 1. The topological polar surface area (TPSA) is 9.23 Å². The Morgan fingerprint density at radius 3 is 2.35 bits per heavy atom. The van der Waals surface area contributed by atoms with Crippen molar-refractivity contribution in [2.75, 3.05) is 0 Å². The van der Waals surface area contributed by atoms with Crippen molar-refractivity contribution in [1.82, 2.24) is 0 Å². The molecule has 3 atom stereocenters. The molecule has 0 bridgehead atoms. The second kappa shape index (κ2) is 5.60. The Hall–Kier alpha value is -0.0831. The van der Waals surface area contributed by atoms with Crippen LogP contribution >= 0.6 is 0 Å². The Balaban J connectivity index is 2.17. The average Bonchev–Trinajstić information content (AvgIpc) is 2.37. The van der Waals surface area contributed by atoms with Gasteiger partial charge >= 0.3 is 0 Å². The summed E-state index contributed by atoms with van der Waals surface area (Å²) in [6.45, 7) is 16.1. The largest absolute Gasteiger partial charge is 0.414 e. The highest BCUT2D eigenvalue weighted by Gasteiger charge is 2.48. The SMILES string of the molecule is C=C[C@@]12CCCC[C@H]1[C@@H](O[Si](C)(C)C(C)(C)C)CCC2. The number of fused-ring (bicyclic) bond motifs is 1. The Morgan fingerprint density at radius 2 is 1.75 bits per heavy atom. The summed E-state index contributed by atoms with van der Waals surface area (Å²) in [5.41, 5.74) is 0.392. The van der Waals surface area contributed by atoms with Crippen molar-refractivity contribution in [2.24, 2.45) is 11.3 Å². The van der Waals surface area contributed by atoms with E-state index in [0.29, 0.717) is 16.6 Å². The van der Waals surface area contributed by atoms with Gasteiger partial charge in [0.2, 0.25) is 0 Å². The van der Waals surface area contributed by atoms with E-state index < -0.39 is 8.32 Å². The molecule has 0 aromatic carbocycles. The molecule has 0 unspecified atom stereocenters. The minimum Gasteiger partial charge on any atom is -0.414 e. The van der Waals surface area contributed by atoms with Crippen LogP contribution in [0.25, 0.3) is 0 Å². The molecule has 0 aliphatic heterocycles. The van der Waals surface area contributed by atoms with E-state index in [9.17, 15) is 0 Å². The van der Waals surface area contributed by atoms with Crippen LogP contribution in [-0.4, -0.2) is 14.4 Å². The van der Waals surface area contributed by atoms with Crippen molar-refractivity contribution in [3.8, 4) is 0 Å². The molecule has 0 spiro atoms. The van der Waals surface area contributed by atoms with Gasteiger partial charge in [-0.2, -0.15) is 0 Å². The van der Waals surface area contributed by atoms with E-state index in [4.69, 9.17) is 4.43 Å². The van der Waals surface area contributed by atoms with Crippen molar-refractivity contribution < 1.29 is 4.43 Å². The van der Waals surface area contributed by atoms with Gasteiger partial charge in [-0.25, -0.2) is 0 Å². The van der Waals surface area contributed by atoms with Gasteiger partial charge < -0.3 is 4.43 Å². The van der Waals surface area contributed by atoms with Crippen LogP contribution in [0.3, 0.4) is 0 Å². The summed E-state index contributed by atoms with van der Waals surface area (Å²) in [6.07, 6.45) is 12.2. The summed E-state index contributed by atoms with van der Waals surface area (Å²) >= 11 is 0. The fourth-order valence-electron chi connectivity index (χ4n) is 4.04. The monoisotopic (exact) mass is 294 g/mol. The molecule has 0 heterocycles. The zero-order valence-electron chi connectivity index (χ0n) is 14.3. The van der Waals surface area contributed by atoms with Crippen LogP contribution in [0.2, 0.25) is 18.1 Å². The lowest BCUT2D eigenvalue weighted by molar-refractivity contribution is -0.0200. The van der Waals surface area contributed by atoms with E-state index in [1.165, 1.54) is 44.9 Å². The van der Waals surface area contributed by atoms with Crippen molar-refractivity contribution in [3.63, 3.8) is 0 Å². The molecule has 2 aliphatic rings. The smallest absolute Gasteiger partial charge is 0.192 e. The summed E-state index contributed by atoms with van der Waals surface area (Å²) in [7, 11) is -1.65. The van der Waals surface area contributed by atoms with Gasteiger partial charge in [0, 0.05) is 6.10 Å². The first-order valence-corrected chi connectivity index (χ1v) is 11.4. The van der Waals surface area contributed by atoms with E-state index in [1.54, 1.807) is 0 Å². The van der Waals surface area contributed by atoms with E-state index in [2.05, 4.69) is 46.5 Å². The van der Waals surface area contributed by atoms with Gasteiger partial charge in [-0.05, 0) is 55.1 Å². The van der Waals surface area contributed by atoms with E-state index >= 15 is 0 Å². The maximum absolute atomic E-state index is 6.83. The van der Waals surface area contributed by atoms with Crippen LogP contribution in [0.4, 0.5) is 0 Å². The van der Waals surface area contributed by atoms with Crippen molar-refractivity contribution in [1.29, 1.82) is 0 Å². The Morgan fingerprint density at radius 1 is 1.10 bits per heavy atom. The maximum atomic E-state index is 6.83. The number of hydrogen-bond donors (Lipinski definition) is 0. The molecule has 116 valence electrons. The molecule has 1 nitrogen and oxygen atoms in total. The molecule has 0 N–H and O–H groups in total. The summed E-state index contributed by atoms with van der Waals surface area (Å²) < 4.78 is 6.83. The third-order valence-electron chi connectivity index (χ3n) is 6.38. The average molecular weight is 295 g/mol. The predicted molar refractivity (Wildman–Crippen MR) is 90.5 cm³/mol. The molecule has 2 saturated carbocycles. The minimum absolute atomic E-state index is 0.315. The first-order chi connectivity index (χ1) is 9.22. The molecule has 0 aromatic heterocycles. The molecule has 2 rings (SSSR count). The van der Waals surface area contributed by atoms with Gasteiger partial charge in [0.05, 0.1) is 0 Å². The second-order valence-corrected chi connectivity index (χ2v) is 13.4. The van der Waals surface area contributed by atoms with Gasteiger partial charge in [0.25, 0.3) is 0 Å². The van der Waals surface area contributed by atoms with Gasteiger partial charge in [0.15, 0.2) is 8.32 Å². The van der Waals surface area contributed by atoms with E-state index in [0.717, 1.165) is 5.92 Å². The van der Waals surface area contributed by atoms with Gasteiger partial charge in [-0.1, -0.05) is 46.1 Å². The van der Waals surface area contributed by atoms with Gasteiger partial charge in [-0.3, -0.25) is 0 Å². The van der Waals surface area contributed by atoms with Crippen molar-refractivity contribution >= 4 is 8.32 Å². The Labute approximate surface area is 127 Å². The quantitative estimate of drug-likeness (QED) is 0.463. The van der Waals surface area contributed by atoms with Gasteiger partial charge in [-0.15, -0.1) is 6.58 Å². The van der Waals surface area contributed by atoms with Crippen LogP contribution in [0.15, 0.2) is 12.7 Å². The summed E-state index contributed by atoms with van der Waals surface area (Å²) in [4.78, 5) is 0. The van der Waals surface area contributed by atoms with Crippen molar-refractivity contribution in [2.45, 2.75) is 90.0 Å². The molecule has 2 fully saturated rings. The van der Waals surface area contributed by atoms with Crippen LogP contribution in [0.5, 0.6) is 0 Å². The number of allylic oxidation sites excluding steroid dienone is 1. The molecular weight excluding hydrogens is 260 g/mol. The summed E-state index contributed by atoms with van der Waals surface area (Å²) in [6, 6.07) is 0. The maximum Gasteiger partial charge on any atom is 0.192 e. The molecule has 0 aromatic rings. The molecular formula is C18H34OSi. The third-order valence-corrected chi connectivity index (χ3v) is 10.9. The lowest BCUT2D eigenvalue weighted by atomic mass is 9.58. The molecule has 0 amide bonds. The highest BCUT2D eigenvalue weighted by molar-refractivity contribution is 6.74. The fourth-order valence-corrected chi connectivity index (χ4v) is 5.44. The molecule has 2 aliphatic carbocycles. The lowest BCUT2D eigenvalue weighted by Crippen LogP contribution is -2.51. The van der Waals surface area contributed by atoms with E-state index in [1.807, 2.05) is 0 Å². The first-order valence-electron chi connectivity index (χ1n) is 8.53. The van der Waals surface area contributed by atoms with Crippen LogP contribution in [0, 0.1) is 11.3 Å². The Kier molecular flexibility index (Phi) is 4.56. The van der Waals surface area contributed by atoms with Gasteiger partial charge in [0.1, 0.15) is 0 Å². The zero-order chi connectivity index (χ0) is 15.0. The molecule has 20 heavy (non-hydrogen) atoms. The second-order valence-electron chi connectivity index (χ2n) is 8.60. The summed E-state index contributed by atoms with van der Waals surface area (Å²) in [5.74, 6) is 0.733. The summed E-state index contributed by atoms with van der Waals surface area (Å²) in [5, 5.41) is 0.315. The molecule has 2 heteroatoms. The highest BCUT2D eigenvalue weighted by Crippen LogP contribution is 2.53. The van der Waals surface area contributed by atoms with E-state index in [-0.39, 0.29) is 0 Å². The van der Waals surface area contributed by atoms with Crippen LogP contribution in [-0.2, 0) is 4.43 Å². The highest BCUT2D eigenvalue weighted by atomic mass is 28.4. The van der Waals surface area contributed by atoms with Crippen LogP contribution in [0.1, 0.15) is 65.7 Å². The van der Waals surface area contributed by atoms with Crippen LogP contribution < -0.4 is 0 Å². The zero-order valence-corrected chi connectivity index (χ0v) is 15.3. The van der Waals surface area contributed by atoms with Crippen molar-refractivity contribution in [3.05, 3.63) is 12.7 Å². The predicted octanol–water partition coefficient (Wildman–Crippen LogP) is 5.92. The third kappa shape index (κ3) is 2.92. The molecule has 0 saturated heterocycles. The molecule has 0 radical (unpaired) electrons. The fraction of sp³-hybridized carbons (Fsp3) is 0.889.